The average Bonchev–Trinajstić information content (AvgIpc) is 2.39. The third-order valence-corrected chi connectivity index (χ3v) is 2.85. The van der Waals surface area contributed by atoms with E-state index in [1.807, 2.05) is 20.8 Å². The normalized spacial score (nSPS) is 26.9. The molecule has 15 heavy (non-hydrogen) atoms. The molecule has 0 aromatic rings. The standard InChI is InChI=1S/C11H19F2NO/c1-5-9(15)8-6-11(12,13)7-14(8)10(2,3)4/h8H,5-7H2,1-4H3/t8-/m0/s1. The molecular formula is C11H19F2NO. The van der Waals surface area contributed by atoms with Crippen molar-refractivity contribution in [1.82, 2.24) is 4.90 Å². The van der Waals surface area contributed by atoms with Crippen LogP contribution >= 0.6 is 0 Å². The molecule has 0 radical (unpaired) electrons. The number of nitrogens with zero attached hydrogens (tertiary/aromatic N) is 1. The van der Waals surface area contributed by atoms with Gasteiger partial charge in [-0.25, -0.2) is 8.78 Å². The minimum Gasteiger partial charge on any atom is -0.298 e. The van der Waals surface area contributed by atoms with E-state index in [1.165, 1.54) is 0 Å². The van der Waals surface area contributed by atoms with E-state index in [0.717, 1.165) is 0 Å². The second-order valence-corrected chi connectivity index (χ2v) is 5.19. The summed E-state index contributed by atoms with van der Waals surface area (Å²) >= 11 is 0. The number of hydrogen-bond acceptors (Lipinski definition) is 2. The van der Waals surface area contributed by atoms with E-state index in [4.69, 9.17) is 0 Å². The van der Waals surface area contributed by atoms with Crippen molar-refractivity contribution in [2.75, 3.05) is 6.54 Å². The highest BCUT2D eigenvalue weighted by molar-refractivity contribution is 5.84. The van der Waals surface area contributed by atoms with Crippen LogP contribution in [0, 0.1) is 0 Å². The fraction of sp³-hybridized carbons (Fsp3) is 0.909. The Morgan fingerprint density at radius 2 is 2.00 bits per heavy atom. The zero-order valence-corrected chi connectivity index (χ0v) is 9.81. The van der Waals surface area contributed by atoms with Gasteiger partial charge in [0.2, 0.25) is 0 Å². The number of likely N-dealkylation sites (tertiary alicyclic amines) is 1. The first kappa shape index (κ1) is 12.6. The Kier molecular flexibility index (Phi) is 3.19. The summed E-state index contributed by atoms with van der Waals surface area (Å²) in [5.41, 5.74) is -0.380. The van der Waals surface area contributed by atoms with Gasteiger partial charge >= 0.3 is 0 Å². The summed E-state index contributed by atoms with van der Waals surface area (Å²) in [6.07, 6.45) is 0.00424. The van der Waals surface area contributed by atoms with Crippen molar-refractivity contribution in [3.8, 4) is 0 Å². The largest absolute Gasteiger partial charge is 0.298 e. The molecule has 0 saturated carbocycles. The lowest BCUT2D eigenvalue weighted by Gasteiger charge is -2.35. The van der Waals surface area contributed by atoms with Crippen LogP contribution in [0.1, 0.15) is 40.5 Å². The molecule has 0 aliphatic carbocycles. The molecule has 0 bridgehead atoms. The number of carbonyl (C=O) groups is 1. The zero-order valence-electron chi connectivity index (χ0n) is 9.81. The number of halogens is 2. The van der Waals surface area contributed by atoms with Gasteiger partial charge in [-0.3, -0.25) is 9.69 Å². The van der Waals surface area contributed by atoms with Gasteiger partial charge in [0.25, 0.3) is 5.92 Å². The minimum atomic E-state index is -2.72. The fourth-order valence-electron chi connectivity index (χ4n) is 2.04. The first-order chi connectivity index (χ1) is 6.67. The maximum atomic E-state index is 13.3. The molecule has 0 aromatic heterocycles. The van der Waals surface area contributed by atoms with Gasteiger partial charge in [0.15, 0.2) is 0 Å². The quantitative estimate of drug-likeness (QED) is 0.711. The molecule has 0 amide bonds. The Bertz CT molecular complexity index is 258. The van der Waals surface area contributed by atoms with Crippen molar-refractivity contribution in [2.24, 2.45) is 0 Å². The molecule has 0 N–H and O–H groups in total. The van der Waals surface area contributed by atoms with Gasteiger partial charge in [-0.15, -0.1) is 0 Å². The Morgan fingerprint density at radius 3 is 2.40 bits per heavy atom. The van der Waals surface area contributed by atoms with Crippen molar-refractivity contribution in [3.05, 3.63) is 0 Å². The van der Waals surface area contributed by atoms with E-state index in [2.05, 4.69) is 0 Å². The van der Waals surface area contributed by atoms with Crippen LogP contribution in [0.2, 0.25) is 0 Å². The van der Waals surface area contributed by atoms with E-state index < -0.39 is 12.0 Å². The summed E-state index contributed by atoms with van der Waals surface area (Å²) in [6, 6.07) is -0.606. The molecule has 0 aromatic carbocycles. The molecule has 2 nitrogen and oxygen atoms in total. The van der Waals surface area contributed by atoms with Gasteiger partial charge in [0, 0.05) is 18.4 Å². The van der Waals surface area contributed by atoms with Crippen LogP contribution in [0.15, 0.2) is 0 Å². The Hall–Kier alpha value is -0.510. The predicted molar refractivity (Wildman–Crippen MR) is 55.1 cm³/mol. The van der Waals surface area contributed by atoms with Gasteiger partial charge in [-0.1, -0.05) is 6.92 Å². The molecule has 1 aliphatic rings. The second kappa shape index (κ2) is 3.81. The van der Waals surface area contributed by atoms with Crippen molar-refractivity contribution >= 4 is 5.78 Å². The second-order valence-electron chi connectivity index (χ2n) is 5.19. The number of alkyl halides is 2. The van der Waals surface area contributed by atoms with Gasteiger partial charge in [-0.05, 0) is 20.8 Å². The molecule has 1 saturated heterocycles. The average molecular weight is 219 g/mol. The van der Waals surface area contributed by atoms with Crippen LogP contribution in [0.25, 0.3) is 0 Å². The van der Waals surface area contributed by atoms with Crippen molar-refractivity contribution in [1.29, 1.82) is 0 Å². The summed E-state index contributed by atoms with van der Waals surface area (Å²) in [5, 5.41) is 0. The van der Waals surface area contributed by atoms with Crippen LogP contribution < -0.4 is 0 Å². The first-order valence-electron chi connectivity index (χ1n) is 5.34. The summed E-state index contributed by atoms with van der Waals surface area (Å²) in [6.45, 7) is 7.02. The summed E-state index contributed by atoms with van der Waals surface area (Å²) in [7, 11) is 0. The number of rotatable bonds is 2. The monoisotopic (exact) mass is 219 g/mol. The molecule has 0 spiro atoms. The van der Waals surface area contributed by atoms with Crippen LogP contribution in [-0.4, -0.2) is 34.7 Å². The van der Waals surface area contributed by atoms with Gasteiger partial charge in [-0.2, -0.15) is 0 Å². The smallest absolute Gasteiger partial charge is 0.262 e. The van der Waals surface area contributed by atoms with Crippen molar-refractivity contribution in [3.63, 3.8) is 0 Å². The third-order valence-electron chi connectivity index (χ3n) is 2.85. The van der Waals surface area contributed by atoms with Crippen LogP contribution in [-0.2, 0) is 4.79 Å². The van der Waals surface area contributed by atoms with Crippen LogP contribution in [0.4, 0.5) is 8.78 Å². The lowest BCUT2D eigenvalue weighted by molar-refractivity contribution is -0.124. The summed E-state index contributed by atoms with van der Waals surface area (Å²) in [5.74, 6) is -2.80. The van der Waals surface area contributed by atoms with Crippen LogP contribution in [0.3, 0.4) is 0 Å². The number of Topliss-reactive ketones (excluding diaryl/α,β-unsaturated/α-hetero) is 1. The van der Waals surface area contributed by atoms with Crippen LogP contribution in [0.5, 0.6) is 0 Å². The van der Waals surface area contributed by atoms with Gasteiger partial charge in [0.1, 0.15) is 5.78 Å². The predicted octanol–water partition coefficient (Wildman–Crippen LogP) is 2.47. The maximum absolute atomic E-state index is 13.3. The molecule has 1 aliphatic heterocycles. The number of carbonyl (C=O) groups excluding carboxylic acids is 1. The highest BCUT2D eigenvalue weighted by Gasteiger charge is 2.50. The highest BCUT2D eigenvalue weighted by atomic mass is 19.3. The molecule has 4 heteroatoms. The first-order valence-corrected chi connectivity index (χ1v) is 5.34. The van der Waals surface area contributed by atoms with Gasteiger partial charge < -0.3 is 0 Å². The van der Waals surface area contributed by atoms with E-state index in [0.29, 0.717) is 6.42 Å². The molecule has 1 atom stereocenters. The van der Waals surface area contributed by atoms with E-state index in [1.54, 1.807) is 11.8 Å². The fourth-order valence-corrected chi connectivity index (χ4v) is 2.04. The minimum absolute atomic E-state index is 0.0814. The number of hydrogen-bond donors (Lipinski definition) is 0. The lowest BCUT2D eigenvalue weighted by atomic mass is 10.0. The number of ketones is 1. The molecule has 1 heterocycles. The molecule has 1 fully saturated rings. The molecule has 0 unspecified atom stereocenters. The molecule has 88 valence electrons. The van der Waals surface area contributed by atoms with Gasteiger partial charge in [0.05, 0.1) is 12.6 Å². The topological polar surface area (TPSA) is 20.3 Å². The van der Waals surface area contributed by atoms with Crippen molar-refractivity contribution in [2.45, 2.75) is 58.0 Å². The van der Waals surface area contributed by atoms with E-state index in [9.17, 15) is 13.6 Å². The Morgan fingerprint density at radius 1 is 1.47 bits per heavy atom. The SMILES string of the molecule is CCC(=O)[C@@H]1CC(F)(F)CN1C(C)(C)C. The summed E-state index contributed by atoms with van der Waals surface area (Å²) < 4.78 is 26.6. The zero-order chi connectivity index (χ0) is 11.9. The highest BCUT2D eigenvalue weighted by Crippen LogP contribution is 2.37. The Balaban J connectivity index is 2.89. The van der Waals surface area contributed by atoms with E-state index >= 15 is 0 Å². The van der Waals surface area contributed by atoms with Crippen molar-refractivity contribution < 1.29 is 13.6 Å². The molecular weight excluding hydrogens is 200 g/mol. The maximum Gasteiger partial charge on any atom is 0.262 e. The Labute approximate surface area is 89.6 Å². The third kappa shape index (κ3) is 2.74. The summed E-state index contributed by atoms with van der Waals surface area (Å²) in [4.78, 5) is 13.2. The van der Waals surface area contributed by atoms with E-state index in [-0.39, 0.29) is 24.3 Å². The lowest BCUT2D eigenvalue weighted by Crippen LogP contribution is -2.48. The molecule has 1 rings (SSSR count).